The fourth-order valence-corrected chi connectivity index (χ4v) is 2.94. The van der Waals surface area contributed by atoms with Gasteiger partial charge in [-0.05, 0) is 24.5 Å². The number of nitro benzene ring substituents is 1. The number of fused-ring (bicyclic) bond motifs is 1. The molecule has 9 heteroatoms. The van der Waals surface area contributed by atoms with Crippen molar-refractivity contribution in [1.82, 2.24) is 0 Å². The highest BCUT2D eigenvalue weighted by molar-refractivity contribution is 9.10. The van der Waals surface area contributed by atoms with Gasteiger partial charge in [0.2, 0.25) is 5.91 Å². The molecule has 3 N–H and O–H groups in total. The first kappa shape index (κ1) is 16.4. The lowest BCUT2D eigenvalue weighted by Crippen LogP contribution is -2.43. The number of hydrogen-bond donors (Lipinski definition) is 2. The number of nitrogens with two attached hydrogens (primary N) is 1. The van der Waals surface area contributed by atoms with Crippen LogP contribution in [0.25, 0.3) is 0 Å². The summed E-state index contributed by atoms with van der Waals surface area (Å²) in [6.45, 7) is 0.298. The number of carboxylic acids is 1. The van der Waals surface area contributed by atoms with Crippen molar-refractivity contribution >= 4 is 39.2 Å². The fourth-order valence-electron chi connectivity index (χ4n) is 2.45. The molecule has 0 aromatic heterocycles. The quantitative estimate of drug-likeness (QED) is 0.595. The Bertz CT molecular complexity index is 649. The van der Waals surface area contributed by atoms with E-state index in [1.807, 2.05) is 0 Å². The molecule has 0 spiro atoms. The van der Waals surface area contributed by atoms with Crippen LogP contribution in [0.15, 0.2) is 16.6 Å². The van der Waals surface area contributed by atoms with Crippen LogP contribution in [-0.2, 0) is 16.0 Å². The molecule has 0 saturated heterocycles. The molecule has 2 rings (SSSR count). The summed E-state index contributed by atoms with van der Waals surface area (Å²) in [7, 11) is 0. The number of aliphatic carboxylic acids is 1. The number of carbonyl (C=O) groups is 2. The Morgan fingerprint density at radius 1 is 1.50 bits per heavy atom. The monoisotopic (exact) mass is 371 g/mol. The lowest BCUT2D eigenvalue weighted by molar-refractivity contribution is -0.384. The lowest BCUT2D eigenvalue weighted by Gasteiger charge is -2.21. The minimum Gasteiger partial charge on any atom is -0.481 e. The summed E-state index contributed by atoms with van der Waals surface area (Å²) in [5.41, 5.74) is 6.51. The summed E-state index contributed by atoms with van der Waals surface area (Å²) in [5, 5.41) is 19.8. The van der Waals surface area contributed by atoms with E-state index in [-0.39, 0.29) is 24.2 Å². The molecule has 1 aromatic carbocycles. The van der Waals surface area contributed by atoms with E-state index in [1.54, 1.807) is 6.07 Å². The van der Waals surface area contributed by atoms with E-state index >= 15 is 0 Å². The molecule has 1 heterocycles. The zero-order valence-electron chi connectivity index (χ0n) is 11.5. The third-order valence-corrected chi connectivity index (χ3v) is 3.92. The molecule has 0 fully saturated rings. The van der Waals surface area contributed by atoms with Crippen molar-refractivity contribution in [2.45, 2.75) is 25.3 Å². The molecule has 1 aliphatic rings. The number of nitro groups is 1. The van der Waals surface area contributed by atoms with Gasteiger partial charge in [-0.15, -0.1) is 0 Å². The molecule has 22 heavy (non-hydrogen) atoms. The maximum atomic E-state index is 12.4. The highest BCUT2D eigenvalue weighted by Gasteiger charge is 2.34. The second-order valence-corrected chi connectivity index (χ2v) is 5.88. The Morgan fingerprint density at radius 2 is 2.18 bits per heavy atom. The van der Waals surface area contributed by atoms with E-state index in [0.29, 0.717) is 23.0 Å². The molecule has 0 aliphatic carbocycles. The SMILES string of the molecule is NC(CCC(=O)O)C(=O)N1CCc2cc(Br)cc([N+](=O)[O-])c21. The molecule has 0 saturated carbocycles. The first-order valence-corrected chi connectivity index (χ1v) is 7.36. The molecular formula is C13H14BrN3O5. The van der Waals surface area contributed by atoms with Crippen LogP contribution in [0, 0.1) is 10.1 Å². The number of halogens is 1. The topological polar surface area (TPSA) is 127 Å². The van der Waals surface area contributed by atoms with Crippen LogP contribution in [0.3, 0.4) is 0 Å². The predicted molar refractivity (Wildman–Crippen MR) is 81.7 cm³/mol. The van der Waals surface area contributed by atoms with Crippen LogP contribution >= 0.6 is 15.9 Å². The number of carboxylic acid groups (broad SMARTS) is 1. The summed E-state index contributed by atoms with van der Waals surface area (Å²) in [5.74, 6) is -1.54. The molecular weight excluding hydrogens is 358 g/mol. The van der Waals surface area contributed by atoms with Gasteiger partial charge in [-0.3, -0.25) is 19.7 Å². The van der Waals surface area contributed by atoms with Gasteiger partial charge in [0.15, 0.2) is 0 Å². The van der Waals surface area contributed by atoms with Crippen LogP contribution in [-0.4, -0.2) is 34.5 Å². The average molecular weight is 372 g/mol. The zero-order chi connectivity index (χ0) is 16.4. The standard InChI is InChI=1S/C13H14BrN3O5/c14-8-5-7-3-4-16(12(7)10(6-8)17(21)22)13(20)9(15)1-2-11(18)19/h5-6,9H,1-4,15H2,(H,18,19). The molecule has 1 aliphatic heterocycles. The first-order valence-electron chi connectivity index (χ1n) is 6.57. The molecule has 1 atom stereocenters. The Kier molecular flexibility index (Phi) is 4.77. The van der Waals surface area contributed by atoms with E-state index < -0.39 is 22.8 Å². The normalized spacial score (nSPS) is 14.5. The smallest absolute Gasteiger partial charge is 0.303 e. The average Bonchev–Trinajstić information content (AvgIpc) is 2.86. The minimum absolute atomic E-state index is 0.00960. The highest BCUT2D eigenvalue weighted by atomic mass is 79.9. The van der Waals surface area contributed by atoms with Crippen molar-refractivity contribution in [3.05, 3.63) is 32.3 Å². The van der Waals surface area contributed by atoms with Crippen molar-refractivity contribution in [3.63, 3.8) is 0 Å². The highest BCUT2D eigenvalue weighted by Crippen LogP contribution is 2.39. The molecule has 1 unspecified atom stereocenters. The number of carbonyl (C=O) groups excluding carboxylic acids is 1. The first-order chi connectivity index (χ1) is 10.3. The Labute approximate surface area is 134 Å². The minimum atomic E-state index is -1.04. The van der Waals surface area contributed by atoms with Gasteiger partial charge in [-0.25, -0.2) is 0 Å². The van der Waals surface area contributed by atoms with Crippen molar-refractivity contribution in [2.75, 3.05) is 11.4 Å². The van der Waals surface area contributed by atoms with Gasteiger partial charge in [0.25, 0.3) is 5.69 Å². The van der Waals surface area contributed by atoms with Gasteiger partial charge in [0.1, 0.15) is 5.69 Å². The summed E-state index contributed by atoms with van der Waals surface area (Å²) in [4.78, 5) is 34.9. The van der Waals surface area contributed by atoms with Gasteiger partial charge >= 0.3 is 5.97 Å². The summed E-state index contributed by atoms with van der Waals surface area (Å²) in [6.07, 6.45) is 0.257. The summed E-state index contributed by atoms with van der Waals surface area (Å²) >= 11 is 3.21. The van der Waals surface area contributed by atoms with Crippen molar-refractivity contribution in [1.29, 1.82) is 0 Å². The number of rotatable bonds is 5. The molecule has 1 aromatic rings. The van der Waals surface area contributed by atoms with Crippen molar-refractivity contribution in [2.24, 2.45) is 5.73 Å². The van der Waals surface area contributed by atoms with Crippen LogP contribution < -0.4 is 10.6 Å². The van der Waals surface area contributed by atoms with Gasteiger partial charge in [0.05, 0.1) is 11.0 Å². The number of nitrogens with zero attached hydrogens (tertiary/aromatic N) is 2. The molecule has 118 valence electrons. The predicted octanol–water partition coefficient (Wildman–Crippen LogP) is 1.44. The Morgan fingerprint density at radius 3 is 2.77 bits per heavy atom. The number of benzene rings is 1. The third-order valence-electron chi connectivity index (χ3n) is 3.46. The van der Waals surface area contributed by atoms with E-state index in [4.69, 9.17) is 10.8 Å². The largest absolute Gasteiger partial charge is 0.481 e. The Balaban J connectivity index is 2.29. The van der Waals surface area contributed by atoms with E-state index in [1.165, 1.54) is 11.0 Å². The fraction of sp³-hybridized carbons (Fsp3) is 0.385. The Hall–Kier alpha value is -2.00. The number of amides is 1. The third kappa shape index (κ3) is 3.25. The van der Waals surface area contributed by atoms with E-state index in [0.717, 1.165) is 0 Å². The molecule has 8 nitrogen and oxygen atoms in total. The van der Waals surface area contributed by atoms with Gasteiger partial charge in [-0.1, -0.05) is 15.9 Å². The zero-order valence-corrected chi connectivity index (χ0v) is 13.1. The van der Waals surface area contributed by atoms with Crippen LogP contribution in [0.5, 0.6) is 0 Å². The van der Waals surface area contributed by atoms with Crippen molar-refractivity contribution < 1.29 is 19.6 Å². The number of hydrogen-bond acceptors (Lipinski definition) is 5. The van der Waals surface area contributed by atoms with Crippen LogP contribution in [0.1, 0.15) is 18.4 Å². The summed E-state index contributed by atoms with van der Waals surface area (Å²) < 4.78 is 0.572. The van der Waals surface area contributed by atoms with E-state index in [9.17, 15) is 19.7 Å². The van der Waals surface area contributed by atoms with Gasteiger partial charge in [-0.2, -0.15) is 0 Å². The second-order valence-electron chi connectivity index (χ2n) is 4.97. The second kappa shape index (κ2) is 6.41. The maximum Gasteiger partial charge on any atom is 0.303 e. The maximum absolute atomic E-state index is 12.4. The molecule has 0 radical (unpaired) electrons. The van der Waals surface area contributed by atoms with Crippen molar-refractivity contribution in [3.8, 4) is 0 Å². The van der Waals surface area contributed by atoms with E-state index in [2.05, 4.69) is 15.9 Å². The molecule has 1 amide bonds. The van der Waals surface area contributed by atoms with Gasteiger partial charge in [0, 0.05) is 23.5 Å². The molecule has 0 bridgehead atoms. The van der Waals surface area contributed by atoms with Crippen LogP contribution in [0.2, 0.25) is 0 Å². The lowest BCUT2D eigenvalue weighted by atomic mass is 10.1. The van der Waals surface area contributed by atoms with Crippen LogP contribution in [0.4, 0.5) is 11.4 Å². The number of anilines is 1. The van der Waals surface area contributed by atoms with Gasteiger partial charge < -0.3 is 15.7 Å². The summed E-state index contributed by atoms with van der Waals surface area (Å²) in [6, 6.07) is 2.08.